The van der Waals surface area contributed by atoms with Crippen LogP contribution in [0, 0.1) is 0 Å². The van der Waals surface area contributed by atoms with Crippen LogP contribution in [0.5, 0.6) is 5.75 Å². The molecule has 0 radical (unpaired) electrons. The highest BCUT2D eigenvalue weighted by Gasteiger charge is 2.34. The summed E-state index contributed by atoms with van der Waals surface area (Å²) in [4.78, 5) is 0. The molecule has 0 saturated carbocycles. The average molecular weight is 233 g/mol. The molecule has 1 aromatic carbocycles. The van der Waals surface area contributed by atoms with Gasteiger partial charge in [0.05, 0.1) is 5.56 Å². The van der Waals surface area contributed by atoms with E-state index in [0.29, 0.717) is 0 Å². The average Bonchev–Trinajstić information content (AvgIpc) is 2.16. The van der Waals surface area contributed by atoms with Crippen molar-refractivity contribution in [3.05, 3.63) is 29.8 Å². The smallest absolute Gasteiger partial charge is 0.419 e. The van der Waals surface area contributed by atoms with E-state index < -0.39 is 17.8 Å². The Morgan fingerprint density at radius 2 is 1.75 bits per heavy atom. The molecule has 0 amide bonds. The van der Waals surface area contributed by atoms with E-state index in [1.54, 1.807) is 13.8 Å². The molecule has 2 atom stereocenters. The first-order chi connectivity index (χ1) is 7.32. The first-order valence-electron chi connectivity index (χ1n) is 4.91. The number of rotatable bonds is 3. The number of nitrogens with two attached hydrogens (primary N) is 1. The van der Waals surface area contributed by atoms with E-state index in [2.05, 4.69) is 0 Å². The Bertz CT molecular complexity index is 349. The van der Waals surface area contributed by atoms with Gasteiger partial charge >= 0.3 is 6.18 Å². The Hall–Kier alpha value is -1.23. The molecule has 0 aliphatic carbocycles. The number of alkyl halides is 3. The van der Waals surface area contributed by atoms with E-state index in [-0.39, 0.29) is 11.8 Å². The van der Waals surface area contributed by atoms with Crippen LogP contribution in [0.1, 0.15) is 19.4 Å². The maximum absolute atomic E-state index is 12.6. The number of benzene rings is 1. The summed E-state index contributed by atoms with van der Waals surface area (Å²) in [7, 11) is 0. The largest absolute Gasteiger partial charge is 0.488 e. The van der Waals surface area contributed by atoms with Crippen LogP contribution in [0.3, 0.4) is 0 Å². The second kappa shape index (κ2) is 4.74. The van der Waals surface area contributed by atoms with E-state index in [9.17, 15) is 13.2 Å². The van der Waals surface area contributed by atoms with Crippen molar-refractivity contribution in [2.75, 3.05) is 0 Å². The Morgan fingerprint density at radius 1 is 1.19 bits per heavy atom. The second-order valence-electron chi connectivity index (χ2n) is 3.68. The van der Waals surface area contributed by atoms with Gasteiger partial charge in [0.25, 0.3) is 0 Å². The van der Waals surface area contributed by atoms with E-state index >= 15 is 0 Å². The molecule has 0 saturated heterocycles. The zero-order valence-electron chi connectivity index (χ0n) is 9.08. The third-order valence-electron chi connectivity index (χ3n) is 2.25. The molecule has 0 aromatic heterocycles. The minimum absolute atomic E-state index is 0.181. The van der Waals surface area contributed by atoms with Gasteiger partial charge in [0.1, 0.15) is 11.9 Å². The summed E-state index contributed by atoms with van der Waals surface area (Å²) in [5.74, 6) is -0.181. The summed E-state index contributed by atoms with van der Waals surface area (Å²) < 4.78 is 43.0. The summed E-state index contributed by atoms with van der Waals surface area (Å²) in [6.07, 6.45) is -4.88. The van der Waals surface area contributed by atoms with Crippen molar-refractivity contribution in [2.45, 2.75) is 32.2 Å². The van der Waals surface area contributed by atoms with Gasteiger partial charge in [-0.3, -0.25) is 0 Å². The highest BCUT2D eigenvalue weighted by atomic mass is 19.4. The van der Waals surface area contributed by atoms with Crippen LogP contribution in [-0.2, 0) is 6.18 Å². The van der Waals surface area contributed by atoms with Crippen molar-refractivity contribution in [1.82, 2.24) is 0 Å². The fourth-order valence-electron chi connectivity index (χ4n) is 1.11. The van der Waals surface area contributed by atoms with E-state index in [4.69, 9.17) is 10.5 Å². The Kier molecular flexibility index (Phi) is 3.80. The van der Waals surface area contributed by atoms with Crippen LogP contribution in [0.4, 0.5) is 13.2 Å². The topological polar surface area (TPSA) is 35.2 Å². The van der Waals surface area contributed by atoms with E-state index in [1.807, 2.05) is 0 Å². The fourth-order valence-corrected chi connectivity index (χ4v) is 1.11. The van der Waals surface area contributed by atoms with Gasteiger partial charge in [-0.25, -0.2) is 0 Å². The molecule has 2 N–H and O–H groups in total. The molecule has 0 spiro atoms. The molecule has 16 heavy (non-hydrogen) atoms. The maximum Gasteiger partial charge on any atom is 0.419 e. The molecular formula is C11H14F3NO. The highest BCUT2D eigenvalue weighted by molar-refractivity contribution is 5.35. The normalized spacial score (nSPS) is 15.6. The number of para-hydroxylation sites is 1. The van der Waals surface area contributed by atoms with Gasteiger partial charge in [-0.15, -0.1) is 0 Å². The molecule has 90 valence electrons. The lowest BCUT2D eigenvalue weighted by atomic mass is 10.2. The fraction of sp³-hybridized carbons (Fsp3) is 0.455. The van der Waals surface area contributed by atoms with Crippen LogP contribution in [0.25, 0.3) is 0 Å². The number of halogens is 3. The third kappa shape index (κ3) is 3.13. The molecule has 0 aliphatic heterocycles. The SMILES string of the molecule is CC(Oc1ccccc1C(F)(F)F)[C@@H](C)N. The molecule has 5 heteroatoms. The van der Waals surface area contributed by atoms with Gasteiger partial charge in [-0.1, -0.05) is 12.1 Å². The molecule has 1 rings (SSSR count). The first kappa shape index (κ1) is 12.8. The zero-order chi connectivity index (χ0) is 12.3. The molecule has 0 fully saturated rings. The van der Waals surface area contributed by atoms with Gasteiger partial charge < -0.3 is 10.5 Å². The standard InChI is InChI=1S/C11H14F3NO/c1-7(15)8(2)16-10-6-4-3-5-9(10)11(12,13)14/h3-8H,15H2,1-2H3/t7-,8?/m1/s1. The summed E-state index contributed by atoms with van der Waals surface area (Å²) in [5, 5.41) is 0. The van der Waals surface area contributed by atoms with Crippen LogP contribution in [0.2, 0.25) is 0 Å². The molecule has 0 aliphatic rings. The molecule has 1 aromatic rings. The van der Waals surface area contributed by atoms with Gasteiger partial charge in [0.15, 0.2) is 0 Å². The molecule has 0 heterocycles. The van der Waals surface area contributed by atoms with E-state index in [1.165, 1.54) is 18.2 Å². The van der Waals surface area contributed by atoms with Crippen molar-refractivity contribution in [3.63, 3.8) is 0 Å². The van der Waals surface area contributed by atoms with Crippen molar-refractivity contribution in [3.8, 4) is 5.75 Å². The monoisotopic (exact) mass is 233 g/mol. The molecular weight excluding hydrogens is 219 g/mol. The predicted molar refractivity (Wildman–Crippen MR) is 55.2 cm³/mol. The van der Waals surface area contributed by atoms with Gasteiger partial charge in [-0.2, -0.15) is 13.2 Å². The Morgan fingerprint density at radius 3 is 2.25 bits per heavy atom. The van der Waals surface area contributed by atoms with Crippen molar-refractivity contribution >= 4 is 0 Å². The Labute approximate surface area is 92.2 Å². The quantitative estimate of drug-likeness (QED) is 0.871. The maximum atomic E-state index is 12.6. The number of hydrogen-bond acceptors (Lipinski definition) is 2. The first-order valence-corrected chi connectivity index (χ1v) is 4.91. The number of ether oxygens (including phenoxy) is 1. The van der Waals surface area contributed by atoms with Crippen LogP contribution in [-0.4, -0.2) is 12.1 Å². The lowest BCUT2D eigenvalue weighted by Gasteiger charge is -2.20. The van der Waals surface area contributed by atoms with E-state index in [0.717, 1.165) is 6.07 Å². The minimum Gasteiger partial charge on any atom is -0.488 e. The third-order valence-corrected chi connectivity index (χ3v) is 2.25. The predicted octanol–water partition coefficient (Wildman–Crippen LogP) is 2.82. The van der Waals surface area contributed by atoms with Gasteiger partial charge in [0.2, 0.25) is 0 Å². The molecule has 2 nitrogen and oxygen atoms in total. The van der Waals surface area contributed by atoms with Gasteiger partial charge in [-0.05, 0) is 26.0 Å². The van der Waals surface area contributed by atoms with Crippen molar-refractivity contribution in [2.24, 2.45) is 5.73 Å². The van der Waals surface area contributed by atoms with Crippen LogP contribution in [0.15, 0.2) is 24.3 Å². The van der Waals surface area contributed by atoms with Crippen molar-refractivity contribution < 1.29 is 17.9 Å². The summed E-state index contributed by atoms with van der Waals surface area (Å²) >= 11 is 0. The summed E-state index contributed by atoms with van der Waals surface area (Å²) in [6, 6.07) is 4.77. The molecule has 0 bridgehead atoms. The lowest BCUT2D eigenvalue weighted by Crippen LogP contribution is -2.34. The lowest BCUT2D eigenvalue weighted by molar-refractivity contribution is -0.139. The van der Waals surface area contributed by atoms with Crippen LogP contribution >= 0.6 is 0 Å². The molecule has 1 unspecified atom stereocenters. The second-order valence-corrected chi connectivity index (χ2v) is 3.68. The Balaban J connectivity index is 2.96. The summed E-state index contributed by atoms with van der Waals surface area (Å²) in [5.41, 5.74) is 4.76. The highest BCUT2D eigenvalue weighted by Crippen LogP contribution is 2.36. The summed E-state index contributed by atoms with van der Waals surface area (Å²) in [6.45, 7) is 3.32. The van der Waals surface area contributed by atoms with Crippen LogP contribution < -0.4 is 10.5 Å². The number of hydrogen-bond donors (Lipinski definition) is 1. The van der Waals surface area contributed by atoms with Crippen molar-refractivity contribution in [1.29, 1.82) is 0 Å². The zero-order valence-corrected chi connectivity index (χ0v) is 9.08. The minimum atomic E-state index is -4.41. The van der Waals surface area contributed by atoms with Gasteiger partial charge in [0, 0.05) is 6.04 Å².